The molecule has 0 aromatic heterocycles. The lowest BCUT2D eigenvalue weighted by molar-refractivity contribution is 0.316. The molecule has 116 valence electrons. The van der Waals surface area contributed by atoms with Crippen molar-refractivity contribution in [3.05, 3.63) is 34.9 Å². The molecule has 0 aliphatic carbocycles. The van der Waals surface area contributed by atoms with Crippen molar-refractivity contribution in [3.63, 3.8) is 0 Å². The fraction of sp³-hybridized carbons (Fsp3) is 0.647. The monoisotopic (exact) mass is 299 g/mol. The van der Waals surface area contributed by atoms with Crippen LogP contribution in [0.25, 0.3) is 0 Å². The average Bonchev–Trinajstić information content (AvgIpc) is 2.45. The first kappa shape index (κ1) is 19.4. The summed E-state index contributed by atoms with van der Waals surface area (Å²) in [7, 11) is 3.19. The molecule has 20 heavy (non-hydrogen) atoms. The first-order valence-corrected chi connectivity index (χ1v) is 7.98. The van der Waals surface area contributed by atoms with Gasteiger partial charge in [0.25, 0.3) is 0 Å². The highest BCUT2D eigenvalue weighted by Crippen LogP contribution is 2.12. The second-order valence-electron chi connectivity index (χ2n) is 5.14. The highest BCUT2D eigenvalue weighted by molar-refractivity contribution is 6.30. The maximum absolute atomic E-state index is 7.00. The largest absolute Gasteiger partial charge is 0.400 e. The maximum atomic E-state index is 7.00. The van der Waals surface area contributed by atoms with Crippen LogP contribution in [0, 0.1) is 0 Å². The van der Waals surface area contributed by atoms with Crippen LogP contribution in [-0.2, 0) is 6.54 Å². The number of aliphatic hydroxyl groups is 1. The van der Waals surface area contributed by atoms with Crippen molar-refractivity contribution < 1.29 is 5.11 Å². The number of benzene rings is 1. The first-order valence-electron chi connectivity index (χ1n) is 7.60. The third-order valence-corrected chi connectivity index (χ3v) is 3.47. The lowest BCUT2D eigenvalue weighted by Gasteiger charge is -2.16. The Labute approximate surface area is 129 Å². The third kappa shape index (κ3) is 10.2. The summed E-state index contributed by atoms with van der Waals surface area (Å²) in [6.45, 7) is 4.44. The van der Waals surface area contributed by atoms with E-state index in [4.69, 9.17) is 16.7 Å². The molecular weight excluding hydrogens is 270 g/mol. The number of nitrogens with zero attached hydrogens (tertiary/aromatic N) is 1. The predicted molar refractivity (Wildman–Crippen MR) is 89.3 cm³/mol. The minimum absolute atomic E-state index is 0.834. The zero-order chi connectivity index (χ0) is 15.2. The normalized spacial score (nSPS) is 10.3. The molecule has 1 rings (SSSR count). The van der Waals surface area contributed by atoms with E-state index in [1.807, 2.05) is 12.1 Å². The minimum atomic E-state index is 0.834. The lowest BCUT2D eigenvalue weighted by Crippen LogP contribution is -2.19. The van der Waals surface area contributed by atoms with E-state index in [0.717, 1.165) is 18.7 Å². The smallest absolute Gasteiger partial charge is 0.0409 e. The summed E-state index contributed by atoms with van der Waals surface area (Å²) < 4.78 is 0. The molecule has 0 saturated heterocycles. The number of unbranched alkanes of at least 4 members (excludes halogenated alkanes) is 5. The molecule has 0 unspecified atom stereocenters. The topological polar surface area (TPSA) is 23.5 Å². The number of hydrogen-bond donors (Lipinski definition) is 1. The van der Waals surface area contributed by atoms with Crippen LogP contribution in [0.3, 0.4) is 0 Å². The van der Waals surface area contributed by atoms with Crippen molar-refractivity contribution in [3.8, 4) is 0 Å². The molecule has 2 nitrogen and oxygen atoms in total. The summed E-state index contributed by atoms with van der Waals surface area (Å²) in [5, 5.41) is 7.83. The predicted octanol–water partition coefficient (Wildman–Crippen LogP) is 4.74. The maximum Gasteiger partial charge on any atom is 0.0409 e. The van der Waals surface area contributed by atoms with E-state index >= 15 is 0 Å². The average molecular weight is 300 g/mol. The Balaban J connectivity index is 0.00000172. The Morgan fingerprint density at radius 2 is 1.70 bits per heavy atom. The zero-order valence-corrected chi connectivity index (χ0v) is 14.0. The van der Waals surface area contributed by atoms with Gasteiger partial charge in [-0.2, -0.15) is 0 Å². The van der Waals surface area contributed by atoms with E-state index in [2.05, 4.69) is 31.0 Å². The number of halogens is 1. The van der Waals surface area contributed by atoms with Crippen LogP contribution in [0.15, 0.2) is 24.3 Å². The number of hydrogen-bond acceptors (Lipinski definition) is 2. The fourth-order valence-corrected chi connectivity index (χ4v) is 2.40. The van der Waals surface area contributed by atoms with E-state index in [1.54, 1.807) is 0 Å². The van der Waals surface area contributed by atoms with E-state index in [9.17, 15) is 0 Å². The van der Waals surface area contributed by atoms with Gasteiger partial charge in [-0.3, -0.25) is 0 Å². The second-order valence-corrected chi connectivity index (χ2v) is 5.57. The van der Waals surface area contributed by atoms with E-state index < -0.39 is 0 Å². The van der Waals surface area contributed by atoms with Crippen LogP contribution in [0.2, 0.25) is 5.02 Å². The quantitative estimate of drug-likeness (QED) is 0.666. The lowest BCUT2D eigenvalue weighted by atomic mass is 10.1. The van der Waals surface area contributed by atoms with Gasteiger partial charge in [-0.1, -0.05) is 62.8 Å². The molecule has 1 aromatic carbocycles. The Hall–Kier alpha value is -0.570. The van der Waals surface area contributed by atoms with Gasteiger partial charge in [0, 0.05) is 18.7 Å². The Kier molecular flexibility index (Phi) is 13.0. The van der Waals surface area contributed by atoms with Crippen molar-refractivity contribution in [2.24, 2.45) is 0 Å². The minimum Gasteiger partial charge on any atom is -0.400 e. The van der Waals surface area contributed by atoms with Gasteiger partial charge in [0.15, 0.2) is 0 Å². The van der Waals surface area contributed by atoms with Crippen molar-refractivity contribution >= 4 is 11.6 Å². The molecule has 0 atom stereocenters. The van der Waals surface area contributed by atoms with E-state index in [1.165, 1.54) is 50.6 Å². The summed E-state index contributed by atoms with van der Waals surface area (Å²) in [5.41, 5.74) is 1.30. The molecule has 0 saturated carbocycles. The Morgan fingerprint density at radius 3 is 2.35 bits per heavy atom. The second kappa shape index (κ2) is 13.4. The fourth-order valence-electron chi connectivity index (χ4n) is 2.19. The molecule has 0 aliphatic heterocycles. The van der Waals surface area contributed by atoms with Gasteiger partial charge in [-0.15, -0.1) is 0 Å². The Morgan fingerprint density at radius 1 is 1.05 bits per heavy atom. The van der Waals surface area contributed by atoms with Crippen molar-refractivity contribution in [2.45, 2.75) is 52.0 Å². The molecule has 0 aliphatic rings. The molecule has 0 spiro atoms. The standard InChI is InChI=1S/C16H26ClN.CH4O/c1-3-4-5-6-7-8-12-18(2)14-15-10-9-11-16(17)13-15;1-2/h9-11,13H,3-8,12,14H2,1-2H3;2H,1H3. The van der Waals surface area contributed by atoms with Crippen LogP contribution < -0.4 is 0 Å². The summed E-state index contributed by atoms with van der Waals surface area (Å²) in [6.07, 6.45) is 8.17. The summed E-state index contributed by atoms with van der Waals surface area (Å²) >= 11 is 5.99. The highest BCUT2D eigenvalue weighted by Gasteiger charge is 2.00. The SMILES string of the molecule is CCCCCCCCN(C)Cc1cccc(Cl)c1.CO. The van der Waals surface area contributed by atoms with Gasteiger partial charge < -0.3 is 10.0 Å². The van der Waals surface area contributed by atoms with Gasteiger partial charge in [0.05, 0.1) is 0 Å². The molecule has 0 radical (unpaired) electrons. The molecular formula is C17H30ClNO. The molecule has 0 bridgehead atoms. The Bertz CT molecular complexity index is 331. The first-order chi connectivity index (χ1) is 9.72. The van der Waals surface area contributed by atoms with Crippen molar-refractivity contribution in [2.75, 3.05) is 20.7 Å². The van der Waals surface area contributed by atoms with Gasteiger partial charge in [0.2, 0.25) is 0 Å². The molecule has 0 fully saturated rings. The highest BCUT2D eigenvalue weighted by atomic mass is 35.5. The van der Waals surface area contributed by atoms with Crippen LogP contribution in [-0.4, -0.2) is 30.7 Å². The summed E-state index contributed by atoms with van der Waals surface area (Å²) in [4.78, 5) is 2.38. The summed E-state index contributed by atoms with van der Waals surface area (Å²) in [5.74, 6) is 0. The molecule has 0 amide bonds. The van der Waals surface area contributed by atoms with Crippen molar-refractivity contribution in [1.29, 1.82) is 0 Å². The molecule has 1 N–H and O–H groups in total. The molecule has 0 heterocycles. The van der Waals surface area contributed by atoms with Gasteiger partial charge >= 0.3 is 0 Å². The van der Waals surface area contributed by atoms with Gasteiger partial charge in [0.1, 0.15) is 0 Å². The zero-order valence-electron chi connectivity index (χ0n) is 13.2. The van der Waals surface area contributed by atoms with Gasteiger partial charge in [-0.05, 0) is 37.7 Å². The van der Waals surface area contributed by atoms with Crippen LogP contribution >= 0.6 is 11.6 Å². The van der Waals surface area contributed by atoms with E-state index in [0.29, 0.717) is 0 Å². The van der Waals surface area contributed by atoms with Crippen molar-refractivity contribution in [1.82, 2.24) is 4.90 Å². The molecule has 3 heteroatoms. The number of aliphatic hydroxyl groups excluding tert-OH is 1. The van der Waals surface area contributed by atoms with Crippen LogP contribution in [0.5, 0.6) is 0 Å². The van der Waals surface area contributed by atoms with Crippen LogP contribution in [0.4, 0.5) is 0 Å². The summed E-state index contributed by atoms with van der Waals surface area (Å²) in [6, 6.07) is 8.15. The van der Waals surface area contributed by atoms with E-state index in [-0.39, 0.29) is 0 Å². The molecule has 1 aromatic rings. The number of rotatable bonds is 9. The van der Waals surface area contributed by atoms with Crippen LogP contribution in [0.1, 0.15) is 51.0 Å². The van der Waals surface area contributed by atoms with Gasteiger partial charge in [-0.25, -0.2) is 0 Å². The third-order valence-electron chi connectivity index (χ3n) is 3.23.